The highest BCUT2D eigenvalue weighted by Gasteiger charge is 2.26. The highest BCUT2D eigenvalue weighted by molar-refractivity contribution is 5.72. The van der Waals surface area contributed by atoms with E-state index in [0.717, 1.165) is 88.6 Å². The van der Waals surface area contributed by atoms with E-state index in [0.29, 0.717) is 5.92 Å². The number of fused-ring (bicyclic) bond motifs is 4. The Bertz CT molecular complexity index is 1330. The highest BCUT2D eigenvalue weighted by Crippen LogP contribution is 2.19. The standard InChI is InChI=1S/C36H45N5O6/c42-35(46-28-31-7-3-1-4-8-31)26-39-19-15-37-17-21-40(27-36(43)47-29-32-9-5-2-6-10-32)22-18-38(16-20-39)25-33(24-37)23-30-11-13-34(14-12-30)41(44)45/h1-14,33H,15-29H2. The van der Waals surface area contributed by atoms with Crippen LogP contribution in [0.4, 0.5) is 5.69 Å². The number of nitrogens with zero attached hydrogens (tertiary/aromatic N) is 5. The fraction of sp³-hybridized carbons (Fsp3) is 0.444. The Morgan fingerprint density at radius 3 is 1.45 bits per heavy atom. The Morgan fingerprint density at radius 1 is 0.617 bits per heavy atom. The van der Waals surface area contributed by atoms with Crippen molar-refractivity contribution in [3.05, 3.63) is 112 Å². The van der Waals surface area contributed by atoms with Crippen LogP contribution in [0.15, 0.2) is 84.9 Å². The van der Waals surface area contributed by atoms with Gasteiger partial charge in [-0.25, -0.2) is 0 Å². The van der Waals surface area contributed by atoms with Crippen LogP contribution in [0.25, 0.3) is 0 Å². The molecule has 2 bridgehead atoms. The Morgan fingerprint density at radius 2 is 1.04 bits per heavy atom. The van der Waals surface area contributed by atoms with Crippen LogP contribution < -0.4 is 0 Å². The van der Waals surface area contributed by atoms with Crippen LogP contribution in [-0.4, -0.2) is 115 Å². The molecule has 0 atom stereocenters. The molecule has 0 spiro atoms. The molecule has 47 heavy (non-hydrogen) atoms. The van der Waals surface area contributed by atoms with Crippen molar-refractivity contribution in [3.8, 4) is 0 Å². The number of rotatable bonds is 11. The van der Waals surface area contributed by atoms with Crippen molar-refractivity contribution >= 4 is 17.6 Å². The van der Waals surface area contributed by atoms with Crippen molar-refractivity contribution in [3.63, 3.8) is 0 Å². The number of hydrogen-bond donors (Lipinski definition) is 0. The molecule has 11 nitrogen and oxygen atoms in total. The molecule has 3 aromatic carbocycles. The third-order valence-corrected chi connectivity index (χ3v) is 8.82. The van der Waals surface area contributed by atoms with Gasteiger partial charge in [0.05, 0.1) is 18.0 Å². The van der Waals surface area contributed by atoms with Gasteiger partial charge in [0, 0.05) is 77.6 Å². The van der Waals surface area contributed by atoms with E-state index < -0.39 is 0 Å². The van der Waals surface area contributed by atoms with Crippen LogP contribution in [-0.2, 0) is 38.7 Å². The summed E-state index contributed by atoms with van der Waals surface area (Å²) in [5.41, 5.74) is 3.12. The lowest BCUT2D eigenvalue weighted by Crippen LogP contribution is -2.52. The first kappa shape index (κ1) is 34.2. The van der Waals surface area contributed by atoms with E-state index in [1.54, 1.807) is 12.1 Å². The zero-order valence-corrected chi connectivity index (χ0v) is 27.0. The quantitative estimate of drug-likeness (QED) is 0.175. The normalized spacial score (nSPS) is 21.1. The summed E-state index contributed by atoms with van der Waals surface area (Å²) in [5.74, 6) is -0.138. The topological polar surface area (TPSA) is 109 Å². The van der Waals surface area contributed by atoms with Crippen molar-refractivity contribution in [1.82, 2.24) is 19.6 Å². The molecule has 0 amide bonds. The molecule has 2 heterocycles. The molecule has 250 valence electrons. The van der Waals surface area contributed by atoms with E-state index in [9.17, 15) is 19.7 Å². The average molecular weight is 644 g/mol. The van der Waals surface area contributed by atoms with E-state index in [-0.39, 0.29) is 48.9 Å². The first-order chi connectivity index (χ1) is 22.9. The number of ether oxygens (including phenoxy) is 2. The van der Waals surface area contributed by atoms with Gasteiger partial charge < -0.3 is 19.3 Å². The minimum absolute atomic E-state index is 0.0992. The smallest absolute Gasteiger partial charge is 0.320 e. The zero-order valence-electron chi connectivity index (χ0n) is 27.0. The molecule has 2 aliphatic rings. The fourth-order valence-corrected chi connectivity index (χ4v) is 6.20. The summed E-state index contributed by atoms with van der Waals surface area (Å²) in [6.45, 7) is 8.65. The van der Waals surface area contributed by atoms with Gasteiger partial charge in [0.25, 0.3) is 5.69 Å². The largest absolute Gasteiger partial charge is 0.460 e. The van der Waals surface area contributed by atoms with E-state index in [1.165, 1.54) is 0 Å². The van der Waals surface area contributed by atoms with Gasteiger partial charge in [-0.3, -0.25) is 29.5 Å². The van der Waals surface area contributed by atoms with Crippen LogP contribution in [0.2, 0.25) is 0 Å². The number of carbonyl (C=O) groups excluding carboxylic acids is 2. The molecule has 0 aliphatic carbocycles. The Labute approximate surface area is 276 Å². The first-order valence-electron chi connectivity index (χ1n) is 16.4. The van der Waals surface area contributed by atoms with Gasteiger partial charge in [0.15, 0.2) is 0 Å². The summed E-state index contributed by atoms with van der Waals surface area (Å²) in [6.07, 6.45) is 0.816. The maximum absolute atomic E-state index is 12.8. The molecule has 2 saturated heterocycles. The molecule has 0 N–H and O–H groups in total. The van der Waals surface area contributed by atoms with Crippen molar-refractivity contribution in [2.45, 2.75) is 19.6 Å². The summed E-state index contributed by atoms with van der Waals surface area (Å²) < 4.78 is 11.2. The molecule has 0 saturated carbocycles. The van der Waals surface area contributed by atoms with Gasteiger partial charge in [-0.05, 0) is 29.0 Å². The number of hydrogen-bond acceptors (Lipinski definition) is 10. The molecule has 3 aromatic rings. The van der Waals surface area contributed by atoms with Gasteiger partial charge in [-0.15, -0.1) is 0 Å². The van der Waals surface area contributed by atoms with Crippen LogP contribution in [0, 0.1) is 16.0 Å². The van der Waals surface area contributed by atoms with Gasteiger partial charge >= 0.3 is 11.9 Å². The lowest BCUT2D eigenvalue weighted by atomic mass is 9.97. The highest BCUT2D eigenvalue weighted by atomic mass is 16.6. The van der Waals surface area contributed by atoms with Crippen LogP contribution >= 0.6 is 0 Å². The van der Waals surface area contributed by atoms with Gasteiger partial charge in [0.1, 0.15) is 13.2 Å². The number of esters is 2. The van der Waals surface area contributed by atoms with Crippen molar-refractivity contribution < 1.29 is 24.0 Å². The van der Waals surface area contributed by atoms with E-state index in [2.05, 4.69) is 19.6 Å². The first-order valence-corrected chi connectivity index (χ1v) is 16.4. The Kier molecular flexibility index (Phi) is 12.9. The van der Waals surface area contributed by atoms with Crippen molar-refractivity contribution in [1.29, 1.82) is 0 Å². The third-order valence-electron chi connectivity index (χ3n) is 8.82. The number of nitro benzene ring substituents is 1. The second-order valence-corrected chi connectivity index (χ2v) is 12.4. The molecule has 5 rings (SSSR count). The Hall–Kier alpha value is -4.16. The molecule has 0 aromatic heterocycles. The second-order valence-electron chi connectivity index (χ2n) is 12.4. The predicted molar refractivity (Wildman–Crippen MR) is 179 cm³/mol. The number of benzene rings is 3. The molecule has 2 fully saturated rings. The fourth-order valence-electron chi connectivity index (χ4n) is 6.20. The number of non-ortho nitro benzene ring substituents is 1. The summed E-state index contributed by atoms with van der Waals surface area (Å²) in [7, 11) is 0. The predicted octanol–water partition coefficient (Wildman–Crippen LogP) is 3.48. The lowest BCUT2D eigenvalue weighted by Gasteiger charge is -2.39. The van der Waals surface area contributed by atoms with Crippen molar-refractivity contribution in [2.24, 2.45) is 5.92 Å². The molecular weight excluding hydrogens is 598 g/mol. The SMILES string of the molecule is O=C(CN1CCN2CCN(CC(=O)OCc3ccccc3)CCN(CC1)CC(Cc1ccc([N+](=O)[O-])cc1)C2)OCc1ccccc1. The average Bonchev–Trinajstić information content (AvgIpc) is 3.08. The van der Waals surface area contributed by atoms with Crippen LogP contribution in [0.5, 0.6) is 0 Å². The minimum atomic E-state index is -0.366. The molecule has 2 aliphatic heterocycles. The monoisotopic (exact) mass is 643 g/mol. The Balaban J connectivity index is 1.23. The summed E-state index contributed by atoms with van der Waals surface area (Å²) in [4.78, 5) is 45.7. The molecule has 0 unspecified atom stereocenters. The lowest BCUT2D eigenvalue weighted by molar-refractivity contribution is -0.384. The van der Waals surface area contributed by atoms with E-state index in [4.69, 9.17) is 9.47 Å². The zero-order chi connectivity index (χ0) is 32.8. The third kappa shape index (κ3) is 11.5. The minimum Gasteiger partial charge on any atom is -0.460 e. The van der Waals surface area contributed by atoms with Gasteiger partial charge in [0.2, 0.25) is 0 Å². The summed E-state index contributed by atoms with van der Waals surface area (Å²) >= 11 is 0. The maximum Gasteiger partial charge on any atom is 0.320 e. The summed E-state index contributed by atoms with van der Waals surface area (Å²) in [5, 5.41) is 11.2. The van der Waals surface area contributed by atoms with Crippen molar-refractivity contribution in [2.75, 3.05) is 78.5 Å². The molecular formula is C36H45N5O6. The maximum atomic E-state index is 12.8. The number of nitro groups is 1. The van der Waals surface area contributed by atoms with Crippen LogP contribution in [0.3, 0.4) is 0 Å². The van der Waals surface area contributed by atoms with Crippen LogP contribution in [0.1, 0.15) is 16.7 Å². The second kappa shape index (κ2) is 17.7. The number of carbonyl (C=O) groups is 2. The molecule has 11 heteroatoms. The van der Waals surface area contributed by atoms with E-state index >= 15 is 0 Å². The molecule has 0 radical (unpaired) electrons. The van der Waals surface area contributed by atoms with Gasteiger partial charge in [-0.2, -0.15) is 0 Å². The summed E-state index contributed by atoms with van der Waals surface area (Å²) in [6, 6.07) is 26.3. The van der Waals surface area contributed by atoms with Gasteiger partial charge in [-0.1, -0.05) is 72.8 Å². The van der Waals surface area contributed by atoms with E-state index in [1.807, 2.05) is 72.8 Å².